The molecule has 1 aromatic rings. The van der Waals surface area contributed by atoms with Crippen LogP contribution in [0.5, 0.6) is 0 Å². The normalized spacial score (nSPS) is 11.1. The van der Waals surface area contributed by atoms with Gasteiger partial charge in [0.15, 0.2) is 0 Å². The molecular formula is C9H7ClINO2S. The van der Waals surface area contributed by atoms with Crippen LogP contribution in [0, 0.1) is 14.9 Å². The first-order valence-electron chi connectivity index (χ1n) is 4.07. The summed E-state index contributed by atoms with van der Waals surface area (Å²) in [6.45, 7) is 1.91. The lowest BCUT2D eigenvalue weighted by atomic mass is 10.1. The predicted octanol–water partition coefficient (Wildman–Crippen LogP) is 2.65. The summed E-state index contributed by atoms with van der Waals surface area (Å²) < 4.78 is 23.0. The zero-order chi connectivity index (χ0) is 11.6. The van der Waals surface area contributed by atoms with Gasteiger partial charge < -0.3 is 0 Å². The van der Waals surface area contributed by atoms with Gasteiger partial charge in [-0.25, -0.2) is 8.42 Å². The minimum absolute atomic E-state index is 0.0256. The molecule has 1 rings (SSSR count). The highest BCUT2D eigenvalue weighted by Gasteiger charge is 2.15. The fourth-order valence-electron chi connectivity index (χ4n) is 1.21. The Bertz CT molecular complexity index is 534. The molecule has 3 nitrogen and oxygen atoms in total. The van der Waals surface area contributed by atoms with E-state index in [-0.39, 0.29) is 4.90 Å². The van der Waals surface area contributed by atoms with E-state index in [0.29, 0.717) is 12.0 Å². The highest BCUT2D eigenvalue weighted by atomic mass is 127. The van der Waals surface area contributed by atoms with Gasteiger partial charge in [0.1, 0.15) is 0 Å². The van der Waals surface area contributed by atoms with E-state index in [0.717, 1.165) is 9.13 Å². The fraction of sp³-hybridized carbons (Fsp3) is 0.222. The smallest absolute Gasteiger partial charge is 0.207 e. The highest BCUT2D eigenvalue weighted by Crippen LogP contribution is 2.24. The maximum Gasteiger partial charge on any atom is 0.261 e. The van der Waals surface area contributed by atoms with Crippen molar-refractivity contribution in [2.45, 2.75) is 18.2 Å². The molecule has 0 saturated carbocycles. The second-order valence-electron chi connectivity index (χ2n) is 2.83. The van der Waals surface area contributed by atoms with Crippen molar-refractivity contribution in [1.82, 2.24) is 0 Å². The first-order valence-corrected chi connectivity index (χ1v) is 7.46. The summed E-state index contributed by atoms with van der Waals surface area (Å²) in [4.78, 5) is -0.0256. The molecule has 0 spiro atoms. The molecule has 0 radical (unpaired) electrons. The second-order valence-corrected chi connectivity index (χ2v) is 6.56. The SMILES string of the molecule is CCc1c(I)cc(S(=O)(=O)Cl)cc1C#N. The molecular weight excluding hydrogens is 349 g/mol. The summed E-state index contributed by atoms with van der Waals surface area (Å²) in [5.41, 5.74) is 1.21. The van der Waals surface area contributed by atoms with E-state index in [1.54, 1.807) is 0 Å². The quantitative estimate of drug-likeness (QED) is 0.605. The zero-order valence-corrected chi connectivity index (χ0v) is 11.5. The maximum atomic E-state index is 11.1. The lowest BCUT2D eigenvalue weighted by molar-refractivity contribution is 0.609. The average Bonchev–Trinajstić information content (AvgIpc) is 2.15. The van der Waals surface area contributed by atoms with Gasteiger partial charge in [-0.15, -0.1) is 0 Å². The molecule has 15 heavy (non-hydrogen) atoms. The van der Waals surface area contributed by atoms with Crippen LogP contribution >= 0.6 is 33.3 Å². The van der Waals surface area contributed by atoms with Crippen molar-refractivity contribution < 1.29 is 8.42 Å². The van der Waals surface area contributed by atoms with Crippen LogP contribution in [0.2, 0.25) is 0 Å². The summed E-state index contributed by atoms with van der Waals surface area (Å²) in [6.07, 6.45) is 0.684. The van der Waals surface area contributed by atoms with E-state index in [2.05, 4.69) is 0 Å². The van der Waals surface area contributed by atoms with E-state index in [4.69, 9.17) is 15.9 Å². The Morgan fingerprint density at radius 2 is 2.13 bits per heavy atom. The van der Waals surface area contributed by atoms with E-state index in [1.165, 1.54) is 12.1 Å². The van der Waals surface area contributed by atoms with Gasteiger partial charge in [0.25, 0.3) is 9.05 Å². The maximum absolute atomic E-state index is 11.1. The molecule has 0 aliphatic carbocycles. The lowest BCUT2D eigenvalue weighted by Crippen LogP contribution is -1.98. The lowest BCUT2D eigenvalue weighted by Gasteiger charge is -2.06. The molecule has 0 bridgehead atoms. The number of nitriles is 1. The third-order valence-electron chi connectivity index (χ3n) is 1.92. The second kappa shape index (κ2) is 4.68. The average molecular weight is 356 g/mol. The molecule has 0 aliphatic heterocycles. The molecule has 0 N–H and O–H groups in total. The van der Waals surface area contributed by atoms with Crippen LogP contribution in [-0.2, 0) is 15.5 Å². The molecule has 0 saturated heterocycles. The molecule has 80 valence electrons. The summed E-state index contributed by atoms with van der Waals surface area (Å²) in [5, 5.41) is 8.87. The van der Waals surface area contributed by atoms with Crippen LogP contribution in [0.3, 0.4) is 0 Å². The first-order chi connectivity index (χ1) is 6.90. The first kappa shape index (κ1) is 12.7. The molecule has 0 heterocycles. The minimum atomic E-state index is -3.77. The van der Waals surface area contributed by atoms with Crippen molar-refractivity contribution in [2.75, 3.05) is 0 Å². The van der Waals surface area contributed by atoms with Crippen molar-refractivity contribution in [3.63, 3.8) is 0 Å². The van der Waals surface area contributed by atoms with Gasteiger partial charge in [0.2, 0.25) is 0 Å². The van der Waals surface area contributed by atoms with Crippen molar-refractivity contribution >= 4 is 42.3 Å². The molecule has 1 aromatic carbocycles. The minimum Gasteiger partial charge on any atom is -0.207 e. The number of hydrogen-bond acceptors (Lipinski definition) is 3. The van der Waals surface area contributed by atoms with Crippen LogP contribution in [0.4, 0.5) is 0 Å². The largest absolute Gasteiger partial charge is 0.261 e. The molecule has 0 aromatic heterocycles. The van der Waals surface area contributed by atoms with Gasteiger partial charge >= 0.3 is 0 Å². The molecule has 6 heteroatoms. The number of benzene rings is 1. The van der Waals surface area contributed by atoms with Gasteiger partial charge in [-0.1, -0.05) is 6.92 Å². The summed E-state index contributed by atoms with van der Waals surface area (Å²) >= 11 is 2.00. The van der Waals surface area contributed by atoms with Gasteiger partial charge in [0.05, 0.1) is 16.5 Å². The summed E-state index contributed by atoms with van der Waals surface area (Å²) in [7, 11) is 1.45. The number of rotatable bonds is 2. The van der Waals surface area contributed by atoms with Gasteiger partial charge in [-0.3, -0.25) is 0 Å². The number of halogens is 2. The van der Waals surface area contributed by atoms with Crippen LogP contribution in [0.15, 0.2) is 17.0 Å². The Kier molecular flexibility index (Phi) is 3.98. The summed E-state index contributed by atoms with van der Waals surface area (Å²) in [6, 6.07) is 4.76. The Morgan fingerprint density at radius 1 is 1.53 bits per heavy atom. The van der Waals surface area contributed by atoms with E-state index >= 15 is 0 Å². The van der Waals surface area contributed by atoms with Crippen molar-refractivity contribution in [1.29, 1.82) is 5.26 Å². The van der Waals surface area contributed by atoms with Gasteiger partial charge in [-0.05, 0) is 46.7 Å². The highest BCUT2D eigenvalue weighted by molar-refractivity contribution is 14.1. The topological polar surface area (TPSA) is 57.9 Å². The van der Waals surface area contributed by atoms with Crippen LogP contribution in [-0.4, -0.2) is 8.42 Å². The zero-order valence-electron chi connectivity index (χ0n) is 7.79. The molecule has 0 aliphatic rings. The van der Waals surface area contributed by atoms with E-state index < -0.39 is 9.05 Å². The van der Waals surface area contributed by atoms with E-state index in [9.17, 15) is 8.42 Å². The fourth-order valence-corrected chi connectivity index (χ4v) is 3.21. The van der Waals surface area contributed by atoms with Crippen molar-refractivity contribution in [3.05, 3.63) is 26.8 Å². The van der Waals surface area contributed by atoms with Crippen molar-refractivity contribution in [2.24, 2.45) is 0 Å². The van der Waals surface area contributed by atoms with Crippen LogP contribution in [0.1, 0.15) is 18.1 Å². The Labute approximate surface area is 107 Å². The van der Waals surface area contributed by atoms with Crippen LogP contribution in [0.25, 0.3) is 0 Å². The third-order valence-corrected chi connectivity index (χ3v) is 4.22. The molecule has 0 atom stereocenters. The number of hydrogen-bond donors (Lipinski definition) is 0. The predicted molar refractivity (Wildman–Crippen MR) is 66.3 cm³/mol. The Morgan fingerprint density at radius 3 is 2.53 bits per heavy atom. The van der Waals surface area contributed by atoms with Gasteiger partial charge in [-0.2, -0.15) is 5.26 Å². The monoisotopic (exact) mass is 355 g/mol. The third kappa shape index (κ3) is 2.83. The summed E-state index contributed by atoms with van der Waals surface area (Å²) in [5.74, 6) is 0. The Balaban J connectivity index is 3.55. The molecule has 0 unspecified atom stereocenters. The van der Waals surface area contributed by atoms with Crippen molar-refractivity contribution in [3.8, 4) is 6.07 Å². The van der Waals surface area contributed by atoms with Crippen LogP contribution < -0.4 is 0 Å². The van der Waals surface area contributed by atoms with Gasteiger partial charge in [0, 0.05) is 14.3 Å². The number of nitrogens with zero attached hydrogens (tertiary/aromatic N) is 1. The Hall–Kier alpha value is -0.320. The molecule has 0 fully saturated rings. The standard InChI is InChI=1S/C9H7ClINO2S/c1-2-8-6(5-12)3-7(4-9(8)11)15(10,13)14/h3-4H,2H2,1H3. The van der Waals surface area contributed by atoms with E-state index in [1.807, 2.05) is 35.6 Å². The molecule has 0 amide bonds.